The van der Waals surface area contributed by atoms with Crippen molar-refractivity contribution in [3.8, 4) is 0 Å². The molecule has 0 bridgehead atoms. The van der Waals surface area contributed by atoms with Gasteiger partial charge in [-0.2, -0.15) is 0 Å². The third-order valence-corrected chi connectivity index (χ3v) is 5.64. The van der Waals surface area contributed by atoms with Crippen LogP contribution in [0.25, 0.3) is 0 Å². The Bertz CT molecular complexity index is 936. The number of hydrogen-bond acceptors (Lipinski definition) is 5. The molecule has 0 aliphatic carbocycles. The van der Waals surface area contributed by atoms with Gasteiger partial charge in [0.25, 0.3) is 5.91 Å². The summed E-state index contributed by atoms with van der Waals surface area (Å²) in [7, 11) is 0. The zero-order valence-corrected chi connectivity index (χ0v) is 17.0. The van der Waals surface area contributed by atoms with Crippen molar-refractivity contribution in [2.24, 2.45) is 0 Å². The molecule has 8 nitrogen and oxygen atoms in total. The fraction of sp³-hybridized carbons (Fsp3) is 0.300. The summed E-state index contributed by atoms with van der Waals surface area (Å²) in [6.45, 7) is 4.06. The number of nitrogens with zero attached hydrogens (tertiary/aromatic N) is 1. The Kier molecular flexibility index (Phi) is 6.28. The van der Waals surface area contributed by atoms with Gasteiger partial charge in [0.05, 0.1) is 11.4 Å². The van der Waals surface area contributed by atoms with Crippen LogP contribution in [0.4, 0.5) is 16.2 Å². The predicted octanol–water partition coefficient (Wildman–Crippen LogP) is 2.75. The van der Waals surface area contributed by atoms with Crippen LogP contribution >= 0.6 is 11.3 Å². The van der Waals surface area contributed by atoms with E-state index in [9.17, 15) is 19.2 Å². The lowest BCUT2D eigenvalue weighted by Crippen LogP contribution is -2.33. The summed E-state index contributed by atoms with van der Waals surface area (Å²) < 4.78 is 0. The van der Waals surface area contributed by atoms with E-state index in [0.29, 0.717) is 16.3 Å². The summed E-state index contributed by atoms with van der Waals surface area (Å²) in [5.41, 5.74) is 2.35. The topological polar surface area (TPSA) is 108 Å². The zero-order chi connectivity index (χ0) is 21.0. The molecular formula is C20H22N4O4S. The maximum atomic E-state index is 12.4. The van der Waals surface area contributed by atoms with Gasteiger partial charge in [-0.25, -0.2) is 4.79 Å². The highest BCUT2D eigenvalue weighted by molar-refractivity contribution is 7.14. The van der Waals surface area contributed by atoms with Gasteiger partial charge in [-0.3, -0.25) is 19.3 Å². The van der Waals surface area contributed by atoms with Gasteiger partial charge in [0.15, 0.2) is 0 Å². The maximum Gasteiger partial charge on any atom is 0.324 e. The molecule has 1 aromatic heterocycles. The van der Waals surface area contributed by atoms with Crippen LogP contribution in [0, 0.1) is 6.92 Å². The minimum Gasteiger partial charge on any atom is -0.329 e. The highest BCUT2D eigenvalue weighted by Crippen LogP contribution is 2.23. The third-order valence-electron chi connectivity index (χ3n) is 4.55. The third kappa shape index (κ3) is 5.00. The molecule has 0 saturated carbocycles. The number of nitrogens with one attached hydrogen (secondary N) is 3. The van der Waals surface area contributed by atoms with E-state index < -0.39 is 6.03 Å². The molecule has 3 N–H and O–H groups in total. The molecule has 5 amide bonds. The first-order valence-electron chi connectivity index (χ1n) is 9.26. The Hall–Kier alpha value is -3.20. The van der Waals surface area contributed by atoms with Crippen LogP contribution in [0.5, 0.6) is 0 Å². The molecule has 152 valence electrons. The number of imide groups is 1. The number of anilines is 2. The van der Waals surface area contributed by atoms with Gasteiger partial charge in [0, 0.05) is 29.2 Å². The first-order chi connectivity index (χ1) is 13.9. The molecule has 29 heavy (non-hydrogen) atoms. The lowest BCUT2D eigenvalue weighted by atomic mass is 10.2. The highest BCUT2D eigenvalue weighted by atomic mass is 32.1. The minimum atomic E-state index is -0.477. The number of carbonyl (C=O) groups excluding carboxylic acids is 4. The van der Waals surface area contributed by atoms with Gasteiger partial charge in [-0.05, 0) is 49.2 Å². The van der Waals surface area contributed by atoms with E-state index in [0.717, 1.165) is 16.2 Å². The second-order valence-electron chi connectivity index (χ2n) is 6.58. The number of hydrogen-bond donors (Lipinski definition) is 3. The van der Waals surface area contributed by atoms with E-state index in [1.807, 2.05) is 13.0 Å². The summed E-state index contributed by atoms with van der Waals surface area (Å²) in [6, 6.07) is 8.19. The van der Waals surface area contributed by atoms with Crippen LogP contribution in [-0.4, -0.2) is 41.7 Å². The van der Waals surface area contributed by atoms with Crippen molar-refractivity contribution in [1.82, 2.24) is 10.2 Å². The molecular weight excluding hydrogens is 392 g/mol. The molecule has 0 spiro atoms. The molecule has 9 heteroatoms. The first-order valence-corrected chi connectivity index (χ1v) is 10.1. The molecule has 1 fully saturated rings. The summed E-state index contributed by atoms with van der Waals surface area (Å²) in [5, 5.41) is 7.96. The van der Waals surface area contributed by atoms with E-state index in [2.05, 4.69) is 22.9 Å². The van der Waals surface area contributed by atoms with Gasteiger partial charge < -0.3 is 16.0 Å². The Morgan fingerprint density at radius 2 is 1.79 bits per heavy atom. The fourth-order valence-corrected chi connectivity index (χ4v) is 3.94. The molecule has 0 unspecified atom stereocenters. The molecule has 3 rings (SSSR count). The summed E-state index contributed by atoms with van der Waals surface area (Å²) in [6.07, 6.45) is 0.899. The van der Waals surface area contributed by atoms with Crippen molar-refractivity contribution in [1.29, 1.82) is 0 Å². The van der Waals surface area contributed by atoms with E-state index in [1.165, 1.54) is 16.9 Å². The van der Waals surface area contributed by atoms with Gasteiger partial charge >= 0.3 is 6.03 Å². The fourth-order valence-electron chi connectivity index (χ4n) is 2.93. The molecule has 1 aliphatic heterocycles. The monoisotopic (exact) mass is 414 g/mol. The minimum absolute atomic E-state index is 0.00907. The Balaban J connectivity index is 1.51. The van der Waals surface area contributed by atoms with Crippen LogP contribution in [0.2, 0.25) is 0 Å². The van der Waals surface area contributed by atoms with Crippen LogP contribution < -0.4 is 16.0 Å². The molecule has 0 atom stereocenters. The number of amides is 5. The predicted molar refractivity (Wildman–Crippen MR) is 111 cm³/mol. The number of carbonyl (C=O) groups is 4. The second-order valence-corrected chi connectivity index (χ2v) is 7.84. The van der Waals surface area contributed by atoms with Crippen LogP contribution in [0.3, 0.4) is 0 Å². The maximum absolute atomic E-state index is 12.4. The molecule has 2 aromatic rings. The van der Waals surface area contributed by atoms with Crippen molar-refractivity contribution in [2.75, 3.05) is 23.7 Å². The Morgan fingerprint density at radius 1 is 1.14 bits per heavy atom. The zero-order valence-electron chi connectivity index (χ0n) is 16.2. The van der Waals surface area contributed by atoms with E-state index in [4.69, 9.17) is 0 Å². The average molecular weight is 414 g/mol. The van der Waals surface area contributed by atoms with Crippen LogP contribution in [0.15, 0.2) is 30.3 Å². The standard InChI is InChI=1S/C20H22N4O4S/c1-3-13-10-16(29-12(13)2)19(27)23-15-6-4-14(5-7-15)22-17(25)8-9-24-18(26)11-21-20(24)28/h4-7,10H,3,8-9,11H2,1-2H3,(H,21,28)(H,22,25)(H,23,27). The van der Waals surface area contributed by atoms with E-state index in [-0.39, 0.29) is 37.2 Å². The van der Waals surface area contributed by atoms with Gasteiger partial charge in [-0.1, -0.05) is 6.92 Å². The molecule has 1 aromatic carbocycles. The molecule has 1 aliphatic rings. The number of thiophene rings is 1. The average Bonchev–Trinajstić information content (AvgIpc) is 3.23. The normalized spacial score (nSPS) is 13.4. The van der Waals surface area contributed by atoms with Gasteiger partial charge in [0.1, 0.15) is 0 Å². The van der Waals surface area contributed by atoms with Gasteiger partial charge in [-0.15, -0.1) is 11.3 Å². The Morgan fingerprint density at radius 3 is 2.34 bits per heavy atom. The number of rotatable bonds is 7. The smallest absolute Gasteiger partial charge is 0.324 e. The highest BCUT2D eigenvalue weighted by Gasteiger charge is 2.28. The van der Waals surface area contributed by atoms with Crippen LogP contribution in [-0.2, 0) is 16.0 Å². The van der Waals surface area contributed by atoms with Crippen molar-refractivity contribution in [3.05, 3.63) is 45.6 Å². The summed E-state index contributed by atoms with van der Waals surface area (Å²) >= 11 is 1.47. The molecule has 1 saturated heterocycles. The largest absolute Gasteiger partial charge is 0.329 e. The Labute approximate surface area is 172 Å². The molecule has 2 heterocycles. The quantitative estimate of drug-likeness (QED) is 0.606. The lowest BCUT2D eigenvalue weighted by Gasteiger charge is -2.12. The SMILES string of the molecule is CCc1cc(C(=O)Nc2ccc(NC(=O)CCN3C(=O)CNC3=O)cc2)sc1C. The number of aryl methyl sites for hydroxylation is 2. The summed E-state index contributed by atoms with van der Waals surface area (Å²) in [4.78, 5) is 50.2. The van der Waals surface area contributed by atoms with Gasteiger partial charge in [0.2, 0.25) is 11.8 Å². The second kappa shape index (κ2) is 8.87. The van der Waals surface area contributed by atoms with Crippen LogP contribution in [0.1, 0.15) is 33.5 Å². The summed E-state index contributed by atoms with van der Waals surface area (Å²) in [5.74, 6) is -0.812. The van der Waals surface area contributed by atoms with Crippen molar-refractivity contribution < 1.29 is 19.2 Å². The number of benzene rings is 1. The van der Waals surface area contributed by atoms with E-state index >= 15 is 0 Å². The lowest BCUT2D eigenvalue weighted by molar-refractivity contribution is -0.125. The van der Waals surface area contributed by atoms with E-state index in [1.54, 1.807) is 24.3 Å². The van der Waals surface area contributed by atoms with Crippen molar-refractivity contribution in [2.45, 2.75) is 26.7 Å². The van der Waals surface area contributed by atoms with Crippen molar-refractivity contribution in [3.63, 3.8) is 0 Å². The number of urea groups is 1. The van der Waals surface area contributed by atoms with Crippen molar-refractivity contribution >= 4 is 46.5 Å². The molecule has 0 radical (unpaired) electrons. The first kappa shape index (κ1) is 20.5.